The largest absolute Gasteiger partial charge is 0.508 e. The number of phenols is 1. The normalized spacial score (nSPS) is 13.5. The predicted molar refractivity (Wildman–Crippen MR) is 91.1 cm³/mol. The number of esters is 1. The van der Waals surface area contributed by atoms with Gasteiger partial charge in [-0.05, 0) is 37.1 Å². The zero-order valence-corrected chi connectivity index (χ0v) is 13.6. The molecular weight excluding hydrogens is 308 g/mol. The molecule has 5 heteroatoms. The van der Waals surface area contributed by atoms with E-state index in [1.807, 2.05) is 0 Å². The van der Waals surface area contributed by atoms with E-state index in [-0.39, 0.29) is 18.1 Å². The summed E-state index contributed by atoms with van der Waals surface area (Å²) in [6.45, 7) is 0. The summed E-state index contributed by atoms with van der Waals surface area (Å²) < 4.78 is 4.50. The van der Waals surface area contributed by atoms with E-state index in [1.54, 1.807) is 42.5 Å². The maximum atomic E-state index is 10.9. The van der Waals surface area contributed by atoms with Crippen LogP contribution in [0.1, 0.15) is 24.8 Å². The molecule has 0 aliphatic rings. The quantitative estimate of drug-likeness (QED) is 0.404. The Kier molecular flexibility index (Phi) is 8.98. The molecule has 0 spiro atoms. The molecule has 0 radical (unpaired) electrons. The van der Waals surface area contributed by atoms with Gasteiger partial charge in [0, 0.05) is 12.0 Å². The monoisotopic (exact) mass is 330 g/mol. The van der Waals surface area contributed by atoms with Crippen LogP contribution < -0.4 is 0 Å². The molecule has 0 saturated heterocycles. The lowest BCUT2D eigenvalue weighted by Crippen LogP contribution is -2.23. The van der Waals surface area contributed by atoms with Crippen LogP contribution in [0.5, 0.6) is 5.75 Å². The summed E-state index contributed by atoms with van der Waals surface area (Å²) in [5.41, 5.74) is 0.699. The number of aromatic hydroxyl groups is 1. The molecule has 5 nitrogen and oxygen atoms in total. The molecule has 0 heterocycles. The number of ether oxygens (including phenoxy) is 1. The lowest BCUT2D eigenvalue weighted by molar-refractivity contribution is -0.140. The topological polar surface area (TPSA) is 87.0 Å². The number of aliphatic hydroxyl groups is 2. The van der Waals surface area contributed by atoms with Gasteiger partial charge in [-0.1, -0.05) is 36.1 Å². The molecule has 0 bridgehead atoms. The van der Waals surface area contributed by atoms with Gasteiger partial charge in [0.15, 0.2) is 0 Å². The van der Waals surface area contributed by atoms with Gasteiger partial charge in [-0.3, -0.25) is 4.79 Å². The lowest BCUT2D eigenvalue weighted by Gasteiger charge is -2.13. The van der Waals surface area contributed by atoms with E-state index in [9.17, 15) is 20.1 Å². The van der Waals surface area contributed by atoms with Crippen LogP contribution in [-0.2, 0) is 9.53 Å². The fourth-order valence-corrected chi connectivity index (χ4v) is 1.85. The minimum Gasteiger partial charge on any atom is -0.508 e. The maximum Gasteiger partial charge on any atom is 0.305 e. The molecule has 1 aromatic rings. The number of hydrogen-bond donors (Lipinski definition) is 3. The second-order valence-corrected chi connectivity index (χ2v) is 5.09. The number of methoxy groups -OCH3 is 1. The Labute approximate surface area is 141 Å². The number of benzene rings is 1. The molecule has 0 unspecified atom stereocenters. The van der Waals surface area contributed by atoms with Gasteiger partial charge in [0.25, 0.3) is 0 Å². The van der Waals surface area contributed by atoms with Crippen molar-refractivity contribution in [3.05, 3.63) is 54.1 Å². The van der Waals surface area contributed by atoms with Gasteiger partial charge in [0.1, 0.15) is 5.75 Å². The predicted octanol–water partition coefficient (Wildman–Crippen LogP) is 1.92. The minimum absolute atomic E-state index is 0.162. The van der Waals surface area contributed by atoms with E-state index in [0.717, 1.165) is 0 Å². The summed E-state index contributed by atoms with van der Waals surface area (Å²) in [6, 6.07) is 6.62. The van der Waals surface area contributed by atoms with E-state index < -0.39 is 12.2 Å². The third kappa shape index (κ3) is 8.18. The van der Waals surface area contributed by atoms with Crippen molar-refractivity contribution in [3.8, 4) is 17.6 Å². The average Bonchev–Trinajstić information content (AvgIpc) is 2.57. The number of hydrogen-bond acceptors (Lipinski definition) is 5. The van der Waals surface area contributed by atoms with E-state index in [1.165, 1.54) is 13.2 Å². The van der Waals surface area contributed by atoms with Crippen molar-refractivity contribution in [2.24, 2.45) is 0 Å². The number of carbonyl (C=O) groups excluding carboxylic acids is 1. The smallest absolute Gasteiger partial charge is 0.305 e. The molecule has 1 rings (SSSR count). The third-order valence-electron chi connectivity index (χ3n) is 3.16. The zero-order chi connectivity index (χ0) is 17.8. The Morgan fingerprint density at radius 2 is 2.12 bits per heavy atom. The van der Waals surface area contributed by atoms with E-state index >= 15 is 0 Å². The molecule has 24 heavy (non-hydrogen) atoms. The average molecular weight is 330 g/mol. The van der Waals surface area contributed by atoms with Crippen LogP contribution >= 0.6 is 0 Å². The first-order valence-electron chi connectivity index (χ1n) is 7.60. The Morgan fingerprint density at radius 3 is 2.83 bits per heavy atom. The Bertz CT molecular complexity index is 637. The number of allylic oxidation sites excluding steroid dienone is 3. The van der Waals surface area contributed by atoms with Gasteiger partial charge in [-0.25, -0.2) is 0 Å². The molecule has 0 aliphatic carbocycles. The Morgan fingerprint density at radius 1 is 1.33 bits per heavy atom. The fraction of sp³-hybridized carbons (Fsp3) is 0.316. The van der Waals surface area contributed by atoms with Crippen LogP contribution in [0.4, 0.5) is 0 Å². The van der Waals surface area contributed by atoms with Gasteiger partial charge in [0.05, 0.1) is 19.3 Å². The van der Waals surface area contributed by atoms with Crippen molar-refractivity contribution in [1.82, 2.24) is 0 Å². The second kappa shape index (κ2) is 11.1. The van der Waals surface area contributed by atoms with Crippen LogP contribution in [0.2, 0.25) is 0 Å². The highest BCUT2D eigenvalue weighted by Crippen LogP contribution is 2.09. The van der Waals surface area contributed by atoms with Crippen LogP contribution in [0.25, 0.3) is 0 Å². The van der Waals surface area contributed by atoms with Crippen LogP contribution in [0.3, 0.4) is 0 Å². The first-order valence-corrected chi connectivity index (χ1v) is 7.60. The number of rotatable bonds is 7. The summed E-state index contributed by atoms with van der Waals surface area (Å²) in [4.78, 5) is 10.9. The van der Waals surface area contributed by atoms with Gasteiger partial charge in [-0.15, -0.1) is 0 Å². The Balaban J connectivity index is 2.36. The van der Waals surface area contributed by atoms with E-state index in [2.05, 4.69) is 16.6 Å². The molecule has 2 atom stereocenters. The van der Waals surface area contributed by atoms with Gasteiger partial charge < -0.3 is 20.1 Å². The zero-order valence-electron chi connectivity index (χ0n) is 13.6. The third-order valence-corrected chi connectivity index (χ3v) is 3.16. The van der Waals surface area contributed by atoms with Crippen molar-refractivity contribution in [1.29, 1.82) is 0 Å². The summed E-state index contributed by atoms with van der Waals surface area (Å²) in [7, 11) is 1.31. The molecule has 1 aromatic carbocycles. The lowest BCUT2D eigenvalue weighted by atomic mass is 10.1. The van der Waals surface area contributed by atoms with Crippen molar-refractivity contribution in [3.63, 3.8) is 0 Å². The second-order valence-electron chi connectivity index (χ2n) is 5.09. The molecule has 0 aliphatic heterocycles. The van der Waals surface area contributed by atoms with Crippen LogP contribution in [0.15, 0.2) is 48.6 Å². The highest BCUT2D eigenvalue weighted by molar-refractivity contribution is 5.68. The number of phenolic OH excluding ortho intramolecular Hbond substituents is 1. The van der Waals surface area contributed by atoms with Gasteiger partial charge in [0.2, 0.25) is 0 Å². The van der Waals surface area contributed by atoms with Gasteiger partial charge >= 0.3 is 5.97 Å². The summed E-state index contributed by atoms with van der Waals surface area (Å²) >= 11 is 0. The molecule has 128 valence electrons. The molecule has 3 N–H and O–H groups in total. The molecule has 0 saturated carbocycles. The molecule has 0 fully saturated rings. The number of carbonyl (C=O) groups is 1. The first kappa shape index (κ1) is 19.5. The van der Waals surface area contributed by atoms with Gasteiger partial charge in [-0.2, -0.15) is 0 Å². The molecule has 0 aromatic heterocycles. The standard InChI is InChI=1S/C19H22O5/c1-24-19(23)13-7-12-18(22)17(21)11-5-3-2-4-8-15-9-6-10-16(20)14-15/h2-3,5-6,9-11,14,17-18,20-22H,7,12-13H2,1H3/b3-2+,11-5+/t17-,18+/m1/s1. The highest BCUT2D eigenvalue weighted by atomic mass is 16.5. The minimum atomic E-state index is -1.01. The highest BCUT2D eigenvalue weighted by Gasteiger charge is 2.13. The van der Waals surface area contributed by atoms with Crippen LogP contribution in [-0.4, -0.2) is 40.6 Å². The van der Waals surface area contributed by atoms with E-state index in [4.69, 9.17) is 0 Å². The number of aliphatic hydroxyl groups excluding tert-OH is 2. The summed E-state index contributed by atoms with van der Waals surface area (Å²) in [5.74, 6) is 5.48. The Hall–Kier alpha value is -2.55. The van der Waals surface area contributed by atoms with Crippen molar-refractivity contribution < 1.29 is 24.9 Å². The van der Waals surface area contributed by atoms with E-state index in [0.29, 0.717) is 18.4 Å². The fourth-order valence-electron chi connectivity index (χ4n) is 1.85. The van der Waals surface area contributed by atoms with Crippen LogP contribution in [0, 0.1) is 11.8 Å². The summed E-state index contributed by atoms with van der Waals surface area (Å²) in [5, 5.41) is 28.8. The summed E-state index contributed by atoms with van der Waals surface area (Å²) in [6.07, 6.45) is 5.31. The van der Waals surface area contributed by atoms with Crippen molar-refractivity contribution >= 4 is 5.97 Å². The first-order chi connectivity index (χ1) is 11.5. The van der Waals surface area contributed by atoms with Crippen molar-refractivity contribution in [2.45, 2.75) is 31.5 Å². The maximum absolute atomic E-state index is 10.9. The SMILES string of the molecule is COC(=O)CCC[C@H](O)[C@H](O)/C=C/C=C/C#Cc1cccc(O)c1. The van der Waals surface area contributed by atoms with Crippen molar-refractivity contribution in [2.75, 3.05) is 7.11 Å². The molecular formula is C19H22O5. The molecule has 0 amide bonds.